The number of carbonyl (C=O) groups is 2. The van der Waals surface area contributed by atoms with Crippen molar-refractivity contribution in [1.29, 1.82) is 0 Å². The van der Waals surface area contributed by atoms with Gasteiger partial charge in [-0.2, -0.15) is 0 Å². The number of benzene rings is 2. The Morgan fingerprint density at radius 3 is 2.48 bits per heavy atom. The molecule has 0 aliphatic heterocycles. The first-order valence-corrected chi connectivity index (χ1v) is 10.4. The van der Waals surface area contributed by atoms with Crippen LogP contribution in [-0.2, 0) is 0 Å². The minimum Gasteiger partial charge on any atom is -0.377 e. The van der Waals surface area contributed by atoms with Gasteiger partial charge in [0.1, 0.15) is 15.6 Å². The van der Waals surface area contributed by atoms with Crippen LogP contribution >= 0.6 is 11.3 Å². The average Bonchev–Trinajstić information content (AvgIpc) is 3.50. The van der Waals surface area contributed by atoms with Gasteiger partial charge in [0, 0.05) is 23.2 Å². The number of thiazole rings is 1. The van der Waals surface area contributed by atoms with Gasteiger partial charge in [-0.1, -0.05) is 30.3 Å². The maximum Gasteiger partial charge on any atom is 0.293 e. The number of carbonyl (C=O) groups excluding carboxylic acids is 2. The second-order valence-electron chi connectivity index (χ2n) is 7.12. The van der Waals surface area contributed by atoms with Gasteiger partial charge in [-0.15, -0.1) is 11.3 Å². The molecule has 31 heavy (non-hydrogen) atoms. The van der Waals surface area contributed by atoms with Crippen molar-refractivity contribution in [3.8, 4) is 10.6 Å². The minimum absolute atomic E-state index is 0.0688. The van der Waals surface area contributed by atoms with Crippen LogP contribution in [0, 0.1) is 17.0 Å². The van der Waals surface area contributed by atoms with E-state index < -0.39 is 16.7 Å². The highest BCUT2D eigenvalue weighted by molar-refractivity contribution is 7.17. The first-order valence-electron chi connectivity index (χ1n) is 9.61. The van der Waals surface area contributed by atoms with Gasteiger partial charge in [-0.05, 0) is 31.9 Å². The molecule has 1 aromatic heterocycles. The monoisotopic (exact) mass is 437 g/mol. The van der Waals surface area contributed by atoms with Gasteiger partial charge in [0.05, 0.1) is 10.6 Å². The van der Waals surface area contributed by atoms with Gasteiger partial charge in [0.15, 0.2) is 0 Å². The van der Waals surface area contributed by atoms with Gasteiger partial charge in [0.2, 0.25) is 0 Å². The largest absolute Gasteiger partial charge is 0.377 e. The maximum atomic E-state index is 12.5. The molecule has 9 nitrogen and oxygen atoms in total. The standard InChI is InChI=1S/C21H19N5O4S/c1-12-18(31-21(22-12)13-5-3-2-4-6-13)20(28)25-24-19(27)14-7-10-16(23-15-8-9-15)17(11-14)26(29)30/h2-7,10-11,15,23H,8-9H2,1H3,(H,24,27)(H,25,28). The van der Waals surface area contributed by atoms with Crippen molar-refractivity contribution in [2.24, 2.45) is 0 Å². The second-order valence-corrected chi connectivity index (χ2v) is 8.11. The molecular weight excluding hydrogens is 418 g/mol. The van der Waals surface area contributed by atoms with Gasteiger partial charge in [-0.3, -0.25) is 30.6 Å². The number of nitrogens with one attached hydrogen (secondary N) is 3. The highest BCUT2D eigenvalue weighted by Crippen LogP contribution is 2.31. The molecule has 158 valence electrons. The highest BCUT2D eigenvalue weighted by atomic mass is 32.1. The molecule has 0 radical (unpaired) electrons. The van der Waals surface area contributed by atoms with Crippen LogP contribution in [0.25, 0.3) is 10.6 Å². The van der Waals surface area contributed by atoms with Crippen molar-refractivity contribution in [3.63, 3.8) is 0 Å². The molecular formula is C21H19N5O4S. The van der Waals surface area contributed by atoms with Gasteiger partial charge in [0.25, 0.3) is 17.5 Å². The number of aryl methyl sites for hydroxylation is 1. The first kappa shape index (κ1) is 20.5. The number of nitro benzene ring substituents is 1. The van der Waals surface area contributed by atoms with Crippen molar-refractivity contribution in [2.45, 2.75) is 25.8 Å². The summed E-state index contributed by atoms with van der Waals surface area (Å²) in [6.07, 6.45) is 1.93. The van der Waals surface area contributed by atoms with Crippen molar-refractivity contribution in [1.82, 2.24) is 15.8 Å². The summed E-state index contributed by atoms with van der Waals surface area (Å²) < 4.78 is 0. The number of nitro groups is 1. The Morgan fingerprint density at radius 2 is 1.81 bits per heavy atom. The normalized spacial score (nSPS) is 12.8. The molecule has 0 saturated heterocycles. The van der Waals surface area contributed by atoms with Crippen LogP contribution in [0.15, 0.2) is 48.5 Å². The predicted molar refractivity (Wildman–Crippen MR) is 117 cm³/mol. The number of amides is 2. The topological polar surface area (TPSA) is 126 Å². The van der Waals surface area contributed by atoms with Gasteiger partial charge < -0.3 is 5.32 Å². The molecule has 0 spiro atoms. The molecule has 1 aliphatic carbocycles. The summed E-state index contributed by atoms with van der Waals surface area (Å²) in [4.78, 5) is 40.6. The smallest absolute Gasteiger partial charge is 0.293 e. The third-order valence-corrected chi connectivity index (χ3v) is 5.91. The third kappa shape index (κ3) is 4.69. The molecule has 3 N–H and O–H groups in total. The lowest BCUT2D eigenvalue weighted by Gasteiger charge is -2.09. The van der Waals surface area contributed by atoms with E-state index in [1.807, 2.05) is 30.3 Å². The van der Waals surface area contributed by atoms with E-state index in [0.29, 0.717) is 21.3 Å². The van der Waals surface area contributed by atoms with Gasteiger partial charge >= 0.3 is 0 Å². The lowest BCUT2D eigenvalue weighted by Crippen LogP contribution is -2.41. The number of rotatable bonds is 6. The molecule has 10 heteroatoms. The van der Waals surface area contributed by atoms with Crippen LogP contribution in [0.5, 0.6) is 0 Å². The minimum atomic E-state index is -0.653. The number of anilines is 1. The Balaban J connectivity index is 1.44. The van der Waals surface area contributed by atoms with Crippen LogP contribution in [0.1, 0.15) is 38.6 Å². The van der Waals surface area contributed by atoms with E-state index in [1.165, 1.54) is 29.5 Å². The predicted octanol–water partition coefficient (Wildman–Crippen LogP) is 3.68. The molecule has 2 aromatic carbocycles. The number of nitrogens with zero attached hydrogens (tertiary/aromatic N) is 2. The fraction of sp³-hybridized carbons (Fsp3) is 0.190. The van der Waals surface area contributed by atoms with Crippen LogP contribution in [0.3, 0.4) is 0 Å². The van der Waals surface area contributed by atoms with E-state index in [1.54, 1.807) is 6.92 Å². The molecule has 0 unspecified atom stereocenters. The number of aromatic nitrogens is 1. The van der Waals surface area contributed by atoms with E-state index in [0.717, 1.165) is 18.4 Å². The summed E-state index contributed by atoms with van der Waals surface area (Å²) in [5, 5.41) is 15.1. The van der Waals surface area contributed by atoms with Crippen molar-refractivity contribution >= 4 is 34.5 Å². The summed E-state index contributed by atoms with van der Waals surface area (Å²) in [7, 11) is 0. The van der Waals surface area contributed by atoms with E-state index in [9.17, 15) is 19.7 Å². The first-order chi connectivity index (χ1) is 14.9. The Morgan fingerprint density at radius 1 is 1.10 bits per heavy atom. The lowest BCUT2D eigenvalue weighted by molar-refractivity contribution is -0.384. The van der Waals surface area contributed by atoms with Crippen LogP contribution < -0.4 is 16.2 Å². The second kappa shape index (κ2) is 8.52. The van der Waals surface area contributed by atoms with Crippen LogP contribution in [0.2, 0.25) is 0 Å². The molecule has 1 aliphatic rings. The molecule has 3 aromatic rings. The van der Waals surface area contributed by atoms with E-state index in [4.69, 9.17) is 0 Å². The zero-order chi connectivity index (χ0) is 22.0. The molecule has 1 heterocycles. The number of hydrogen-bond donors (Lipinski definition) is 3. The maximum absolute atomic E-state index is 12.5. The lowest BCUT2D eigenvalue weighted by atomic mass is 10.1. The zero-order valence-corrected chi connectivity index (χ0v) is 17.4. The molecule has 1 saturated carbocycles. The highest BCUT2D eigenvalue weighted by Gasteiger charge is 2.26. The van der Waals surface area contributed by atoms with Crippen molar-refractivity contribution < 1.29 is 14.5 Å². The van der Waals surface area contributed by atoms with Crippen molar-refractivity contribution in [3.05, 3.63) is 74.8 Å². The Bertz CT molecular complexity index is 1160. The summed E-state index contributed by atoms with van der Waals surface area (Å²) in [5.41, 5.74) is 6.36. The molecule has 0 bridgehead atoms. The van der Waals surface area contributed by atoms with Crippen LogP contribution in [-0.4, -0.2) is 27.8 Å². The summed E-state index contributed by atoms with van der Waals surface area (Å²) >= 11 is 1.22. The SMILES string of the molecule is Cc1nc(-c2ccccc2)sc1C(=O)NNC(=O)c1ccc(NC2CC2)c([N+](=O)[O-])c1. The number of hydrazine groups is 1. The summed E-state index contributed by atoms with van der Waals surface area (Å²) in [5.74, 6) is -1.16. The Labute approximate surface area is 181 Å². The molecule has 1 fully saturated rings. The third-order valence-electron chi connectivity index (χ3n) is 4.71. The van der Waals surface area contributed by atoms with E-state index in [2.05, 4.69) is 21.2 Å². The Kier molecular flexibility index (Phi) is 5.63. The Hall–Kier alpha value is -3.79. The van der Waals surface area contributed by atoms with E-state index in [-0.39, 0.29) is 17.3 Å². The number of hydrogen-bond acceptors (Lipinski definition) is 7. The van der Waals surface area contributed by atoms with Gasteiger partial charge in [-0.25, -0.2) is 4.98 Å². The quantitative estimate of drug-likeness (QED) is 0.399. The van der Waals surface area contributed by atoms with Crippen molar-refractivity contribution in [2.75, 3.05) is 5.32 Å². The van der Waals surface area contributed by atoms with E-state index >= 15 is 0 Å². The average molecular weight is 437 g/mol. The molecule has 0 atom stereocenters. The summed E-state index contributed by atoms with van der Waals surface area (Å²) in [6.45, 7) is 1.72. The zero-order valence-electron chi connectivity index (χ0n) is 16.5. The fourth-order valence-electron chi connectivity index (χ4n) is 2.95. The molecule has 2 amide bonds. The fourth-order valence-corrected chi connectivity index (χ4v) is 3.91. The summed E-state index contributed by atoms with van der Waals surface area (Å²) in [6, 6.07) is 13.9. The van der Waals surface area contributed by atoms with Crippen LogP contribution in [0.4, 0.5) is 11.4 Å². The molecule has 4 rings (SSSR count).